The zero-order valence-electron chi connectivity index (χ0n) is 14.7. The lowest BCUT2D eigenvalue weighted by molar-refractivity contribution is 0.242. The number of benzene rings is 1. The summed E-state index contributed by atoms with van der Waals surface area (Å²) in [6, 6.07) is 8.58. The van der Waals surface area contributed by atoms with Crippen LogP contribution < -0.4 is 19.9 Å². The molecule has 6 nitrogen and oxygen atoms in total. The van der Waals surface area contributed by atoms with Crippen LogP contribution in [0.25, 0.3) is 0 Å². The Labute approximate surface area is 147 Å². The maximum absolute atomic E-state index is 5.88. The van der Waals surface area contributed by atoms with E-state index >= 15 is 0 Å². The first-order valence-corrected chi connectivity index (χ1v) is 9.05. The van der Waals surface area contributed by atoms with E-state index in [0.29, 0.717) is 0 Å². The normalized spacial score (nSPS) is 23.8. The van der Waals surface area contributed by atoms with Gasteiger partial charge in [-0.15, -0.1) is 0 Å². The smallest absolute Gasteiger partial charge is 0.132 e. The van der Waals surface area contributed by atoms with E-state index in [4.69, 9.17) is 4.74 Å². The predicted molar refractivity (Wildman–Crippen MR) is 97.4 cm³/mol. The maximum atomic E-state index is 5.88. The molecule has 2 aromatic rings. The van der Waals surface area contributed by atoms with Crippen LogP contribution in [0.2, 0.25) is 0 Å². The zero-order chi connectivity index (χ0) is 17.0. The van der Waals surface area contributed by atoms with Crippen molar-refractivity contribution in [1.82, 2.24) is 15.3 Å². The van der Waals surface area contributed by atoms with Gasteiger partial charge in [-0.3, -0.25) is 0 Å². The van der Waals surface area contributed by atoms with Crippen molar-refractivity contribution in [2.24, 2.45) is 0 Å². The molecule has 130 valence electrons. The Kier molecular flexibility index (Phi) is 3.19. The molecular formula is C19H23N5O. The summed E-state index contributed by atoms with van der Waals surface area (Å²) >= 11 is 0. The summed E-state index contributed by atoms with van der Waals surface area (Å²) in [5, 5.41) is 3.39. The molecule has 0 amide bonds. The summed E-state index contributed by atoms with van der Waals surface area (Å²) in [4.78, 5) is 13.9. The van der Waals surface area contributed by atoms with Gasteiger partial charge in [0.15, 0.2) is 0 Å². The van der Waals surface area contributed by atoms with E-state index in [2.05, 4.69) is 63.2 Å². The van der Waals surface area contributed by atoms with Crippen LogP contribution in [0.4, 0.5) is 11.5 Å². The fraction of sp³-hybridized carbons (Fsp3) is 0.474. The van der Waals surface area contributed by atoms with Gasteiger partial charge >= 0.3 is 0 Å². The Bertz CT molecular complexity index is 817. The van der Waals surface area contributed by atoms with Gasteiger partial charge in [0, 0.05) is 43.5 Å². The molecule has 0 radical (unpaired) electrons. The average molecular weight is 337 g/mol. The summed E-state index contributed by atoms with van der Waals surface area (Å²) in [5.41, 5.74) is 3.68. The molecule has 5 rings (SSSR count). The highest BCUT2D eigenvalue weighted by Crippen LogP contribution is 2.63. The van der Waals surface area contributed by atoms with Gasteiger partial charge in [0.1, 0.15) is 23.4 Å². The zero-order valence-corrected chi connectivity index (χ0v) is 14.7. The molecule has 3 aliphatic heterocycles. The van der Waals surface area contributed by atoms with Crippen molar-refractivity contribution in [3.63, 3.8) is 0 Å². The van der Waals surface area contributed by atoms with Crippen molar-refractivity contribution in [3.8, 4) is 5.75 Å². The van der Waals surface area contributed by atoms with Gasteiger partial charge in [-0.25, -0.2) is 9.97 Å². The number of piperazine rings is 1. The Morgan fingerprint density at radius 2 is 2.00 bits per heavy atom. The number of hydrogen-bond acceptors (Lipinski definition) is 6. The molecule has 4 heterocycles. The molecule has 0 saturated carbocycles. The standard InChI is InChI=1S/C19H23N5O/c1-13(2)25-14-3-4-16-15(9-14)19(11-24(16)19)17-10-18(22-12-21-17)23-7-5-20-6-8-23/h3-4,9-10,12-13,20H,5-8,11H2,1-2H3. The second-order valence-corrected chi connectivity index (χ2v) is 7.29. The van der Waals surface area contributed by atoms with Gasteiger partial charge < -0.3 is 19.9 Å². The SMILES string of the molecule is CC(C)Oc1ccc2c(c1)C1(c3cc(N4CCNCC4)ncn3)CN21. The van der Waals surface area contributed by atoms with E-state index in [0.717, 1.165) is 50.0 Å². The van der Waals surface area contributed by atoms with Crippen molar-refractivity contribution in [1.29, 1.82) is 0 Å². The van der Waals surface area contributed by atoms with Crippen LogP contribution in [0, 0.1) is 0 Å². The van der Waals surface area contributed by atoms with Crippen molar-refractivity contribution in [2.75, 3.05) is 42.5 Å². The molecule has 6 heteroatoms. The number of nitrogens with one attached hydrogen (secondary N) is 1. The van der Waals surface area contributed by atoms with E-state index in [1.54, 1.807) is 6.33 Å². The van der Waals surface area contributed by atoms with E-state index in [1.165, 1.54) is 11.3 Å². The molecule has 2 fully saturated rings. The van der Waals surface area contributed by atoms with Crippen molar-refractivity contribution in [3.05, 3.63) is 41.9 Å². The minimum atomic E-state index is -0.0581. The summed E-state index contributed by atoms with van der Waals surface area (Å²) in [5.74, 6) is 1.98. The molecule has 0 aliphatic carbocycles. The minimum Gasteiger partial charge on any atom is -0.491 e. The van der Waals surface area contributed by atoms with E-state index in [-0.39, 0.29) is 11.6 Å². The van der Waals surface area contributed by atoms with Gasteiger partial charge in [0.25, 0.3) is 0 Å². The summed E-state index contributed by atoms with van der Waals surface area (Å²) in [6.45, 7) is 9.13. The van der Waals surface area contributed by atoms with Crippen LogP contribution in [0.5, 0.6) is 5.75 Å². The first-order valence-electron chi connectivity index (χ1n) is 9.05. The molecule has 2 saturated heterocycles. The Hall–Kier alpha value is -2.34. The predicted octanol–water partition coefficient (Wildman–Crippen LogP) is 1.75. The second-order valence-electron chi connectivity index (χ2n) is 7.29. The number of anilines is 2. The average Bonchev–Trinajstić information content (AvgIpc) is 3.31. The summed E-state index contributed by atoms with van der Waals surface area (Å²) in [7, 11) is 0. The first-order chi connectivity index (χ1) is 12.2. The summed E-state index contributed by atoms with van der Waals surface area (Å²) < 4.78 is 5.88. The van der Waals surface area contributed by atoms with E-state index < -0.39 is 0 Å². The molecule has 1 N–H and O–H groups in total. The van der Waals surface area contributed by atoms with Crippen LogP contribution in [0.1, 0.15) is 25.1 Å². The second kappa shape index (κ2) is 5.33. The van der Waals surface area contributed by atoms with Crippen molar-refractivity contribution < 1.29 is 4.74 Å². The molecule has 25 heavy (non-hydrogen) atoms. The Morgan fingerprint density at radius 3 is 2.80 bits per heavy atom. The molecule has 1 aromatic carbocycles. The minimum absolute atomic E-state index is 0.0581. The molecule has 1 aromatic heterocycles. The van der Waals surface area contributed by atoms with Crippen molar-refractivity contribution in [2.45, 2.75) is 25.5 Å². The highest BCUT2D eigenvalue weighted by Gasteiger charge is 2.65. The largest absolute Gasteiger partial charge is 0.491 e. The molecule has 0 bridgehead atoms. The highest BCUT2D eigenvalue weighted by molar-refractivity contribution is 5.83. The molecular weight excluding hydrogens is 314 g/mol. The lowest BCUT2D eigenvalue weighted by Crippen LogP contribution is -2.44. The number of aromatic nitrogens is 2. The number of rotatable bonds is 4. The van der Waals surface area contributed by atoms with Crippen LogP contribution in [-0.2, 0) is 5.54 Å². The third kappa shape index (κ3) is 2.20. The number of fused-ring (bicyclic) bond motifs is 4. The fourth-order valence-corrected chi connectivity index (χ4v) is 4.09. The monoisotopic (exact) mass is 337 g/mol. The fourth-order valence-electron chi connectivity index (χ4n) is 4.09. The third-order valence-electron chi connectivity index (χ3n) is 5.34. The van der Waals surface area contributed by atoms with Gasteiger partial charge in [-0.2, -0.15) is 0 Å². The maximum Gasteiger partial charge on any atom is 0.132 e. The van der Waals surface area contributed by atoms with Gasteiger partial charge in [0.05, 0.1) is 18.3 Å². The van der Waals surface area contributed by atoms with Crippen LogP contribution in [0.15, 0.2) is 30.6 Å². The van der Waals surface area contributed by atoms with Gasteiger partial charge in [-0.05, 0) is 32.0 Å². The van der Waals surface area contributed by atoms with Gasteiger partial charge in [0.2, 0.25) is 0 Å². The lowest BCUT2D eigenvalue weighted by Gasteiger charge is -2.33. The molecule has 0 spiro atoms. The molecule has 3 aliphatic rings. The third-order valence-corrected chi connectivity index (χ3v) is 5.34. The topological polar surface area (TPSA) is 53.3 Å². The number of hydrogen-bond donors (Lipinski definition) is 1. The Balaban J connectivity index is 1.47. The quantitative estimate of drug-likeness (QED) is 0.858. The molecule has 1 unspecified atom stereocenters. The first kappa shape index (κ1) is 15.0. The number of ether oxygens (including phenoxy) is 1. The van der Waals surface area contributed by atoms with Gasteiger partial charge in [-0.1, -0.05) is 0 Å². The van der Waals surface area contributed by atoms with E-state index in [9.17, 15) is 0 Å². The highest BCUT2D eigenvalue weighted by atomic mass is 16.5. The van der Waals surface area contributed by atoms with Crippen molar-refractivity contribution >= 4 is 11.5 Å². The van der Waals surface area contributed by atoms with Crippen LogP contribution in [0.3, 0.4) is 0 Å². The van der Waals surface area contributed by atoms with E-state index in [1.807, 2.05) is 0 Å². The lowest BCUT2D eigenvalue weighted by atomic mass is 9.88. The molecule has 1 atom stereocenters. The van der Waals surface area contributed by atoms with Crippen LogP contribution >= 0.6 is 0 Å². The summed E-state index contributed by atoms with van der Waals surface area (Å²) in [6.07, 6.45) is 1.90. The Morgan fingerprint density at radius 1 is 1.16 bits per heavy atom. The number of nitrogens with zero attached hydrogens (tertiary/aromatic N) is 4. The van der Waals surface area contributed by atoms with Crippen LogP contribution in [-0.4, -0.2) is 48.8 Å².